The molecule has 0 aromatic heterocycles. The first-order valence-corrected chi connectivity index (χ1v) is 42.8. The molecule has 0 radical (unpaired) electrons. The van der Waals surface area contributed by atoms with Crippen molar-refractivity contribution in [2.75, 3.05) is 19.8 Å². The minimum absolute atomic E-state index is 0.203. The Hall–Kier alpha value is -2.83. The molecule has 12 unspecified atom stereocenters. The molecule has 2 fully saturated rings. The van der Waals surface area contributed by atoms with Crippen LogP contribution < -0.4 is 5.32 Å². The smallest absolute Gasteiger partial charge is 0.220 e. The van der Waals surface area contributed by atoms with E-state index in [4.69, 9.17) is 18.9 Å². The van der Waals surface area contributed by atoms with Crippen molar-refractivity contribution in [1.82, 2.24) is 5.32 Å². The van der Waals surface area contributed by atoms with Crippen molar-refractivity contribution in [3.8, 4) is 0 Å². The molecule has 14 heteroatoms. The van der Waals surface area contributed by atoms with Gasteiger partial charge in [0.05, 0.1) is 32.0 Å². The lowest BCUT2D eigenvalue weighted by atomic mass is 9.97. The summed E-state index contributed by atoms with van der Waals surface area (Å²) in [4.78, 5) is 13.4. The number of unbranched alkanes of at least 4 members (excludes halogenated alkanes) is 45. The van der Waals surface area contributed by atoms with Crippen LogP contribution in [-0.2, 0) is 23.7 Å². The highest BCUT2D eigenvalue weighted by Gasteiger charge is 2.51. The minimum atomic E-state index is -1.79. The highest BCUT2D eigenvalue weighted by atomic mass is 16.7. The Morgan fingerprint density at radius 3 is 1.04 bits per heavy atom. The standard InChI is InChI=1S/C88H159NO13/c1-3-5-7-9-11-13-15-17-19-21-23-25-27-29-31-33-35-36-37-38-39-40-42-44-46-48-50-52-54-56-58-60-62-64-66-68-70-72-80(93)89-76(75-99-87-85(98)83(96)86(79(74-91)101-87)102-88-84(97)82(95)81(94)78(73-90)100-88)77(92)71-69-67-65-63-61-59-57-55-53-51-49-47-45-43-41-34-32-30-28-26-24-22-20-18-16-14-12-10-8-6-4-2/h5,7,11,13,17,19,23,25,29,31,35-36,38-39,76-79,81-88,90-92,94-98H,3-4,6,8-10,12,14-16,18,20-22,24,26-28,30,32-34,37,40-75H2,1-2H3,(H,89,93)/b7-5-,13-11-,19-17-,25-23-,31-29-,36-35-,39-38-. The largest absolute Gasteiger partial charge is 0.394 e. The SMILES string of the molecule is CC/C=C\C/C=C\C/C=C\C/C=C\C/C=C\C/C=C\C/C=C\CCCCCCCCCCCCCCCCCC(=O)NC(COC1OC(CO)C(OC2OC(CO)C(O)C(O)C2O)C(O)C1O)C(O)CCCCCCCCCCCCCCCCCCCCCCCCCCCCCCCCC. The van der Waals surface area contributed by atoms with Crippen molar-refractivity contribution in [2.24, 2.45) is 0 Å². The van der Waals surface area contributed by atoms with Gasteiger partial charge in [0, 0.05) is 6.42 Å². The van der Waals surface area contributed by atoms with Crippen LogP contribution in [0.1, 0.15) is 373 Å². The van der Waals surface area contributed by atoms with Gasteiger partial charge in [-0.1, -0.05) is 381 Å². The predicted octanol–water partition coefficient (Wildman–Crippen LogP) is 20.3. The molecule has 0 aromatic carbocycles. The zero-order valence-corrected chi connectivity index (χ0v) is 65.3. The van der Waals surface area contributed by atoms with Crippen LogP contribution in [0.15, 0.2) is 85.1 Å². The molecule has 1 amide bonds. The minimum Gasteiger partial charge on any atom is -0.394 e. The maximum absolute atomic E-state index is 13.4. The molecule has 12 atom stereocenters. The third-order valence-electron chi connectivity index (χ3n) is 20.6. The third-order valence-corrected chi connectivity index (χ3v) is 20.6. The van der Waals surface area contributed by atoms with Gasteiger partial charge in [0.1, 0.15) is 48.8 Å². The van der Waals surface area contributed by atoms with Gasteiger partial charge in [0.25, 0.3) is 0 Å². The number of aliphatic hydroxyl groups is 8. The molecule has 2 heterocycles. The Labute approximate surface area is 624 Å². The molecule has 594 valence electrons. The molecule has 2 saturated heterocycles. The van der Waals surface area contributed by atoms with Crippen LogP contribution in [0.25, 0.3) is 0 Å². The second-order valence-corrected chi connectivity index (χ2v) is 29.9. The van der Waals surface area contributed by atoms with E-state index in [2.05, 4.69) is 104 Å². The van der Waals surface area contributed by atoms with Gasteiger partial charge in [-0.15, -0.1) is 0 Å². The van der Waals surface area contributed by atoms with Crippen molar-refractivity contribution >= 4 is 5.91 Å². The fraction of sp³-hybridized carbons (Fsp3) is 0.830. The van der Waals surface area contributed by atoms with E-state index in [-0.39, 0.29) is 12.5 Å². The zero-order valence-electron chi connectivity index (χ0n) is 65.3. The molecule has 0 aromatic rings. The summed E-state index contributed by atoms with van der Waals surface area (Å²) in [7, 11) is 0. The van der Waals surface area contributed by atoms with Gasteiger partial charge < -0.3 is 65.1 Å². The average Bonchev–Trinajstić information content (AvgIpc) is 0.790. The van der Waals surface area contributed by atoms with Crippen molar-refractivity contribution in [3.63, 3.8) is 0 Å². The number of ether oxygens (including phenoxy) is 4. The van der Waals surface area contributed by atoms with E-state index in [1.807, 2.05) is 0 Å². The molecule has 0 saturated carbocycles. The highest BCUT2D eigenvalue weighted by molar-refractivity contribution is 5.76. The summed E-state index contributed by atoms with van der Waals surface area (Å²) in [6, 6.07) is -0.835. The van der Waals surface area contributed by atoms with Crippen molar-refractivity contribution in [3.05, 3.63) is 85.1 Å². The summed E-state index contributed by atoms with van der Waals surface area (Å²) in [5.41, 5.74) is 0. The van der Waals surface area contributed by atoms with Gasteiger partial charge in [0.2, 0.25) is 5.91 Å². The Morgan fingerprint density at radius 2 is 0.676 bits per heavy atom. The molecule has 0 bridgehead atoms. The van der Waals surface area contributed by atoms with Gasteiger partial charge in [-0.25, -0.2) is 0 Å². The predicted molar refractivity (Wildman–Crippen MR) is 424 cm³/mol. The number of nitrogens with one attached hydrogen (secondary N) is 1. The van der Waals surface area contributed by atoms with Gasteiger partial charge >= 0.3 is 0 Å². The van der Waals surface area contributed by atoms with Crippen LogP contribution in [-0.4, -0.2) is 140 Å². The van der Waals surface area contributed by atoms with E-state index >= 15 is 0 Å². The molecule has 2 rings (SSSR count). The lowest BCUT2D eigenvalue weighted by Crippen LogP contribution is -2.65. The monoisotopic (exact) mass is 1440 g/mol. The van der Waals surface area contributed by atoms with Crippen LogP contribution in [0.2, 0.25) is 0 Å². The molecule has 102 heavy (non-hydrogen) atoms. The third kappa shape index (κ3) is 53.0. The highest BCUT2D eigenvalue weighted by Crippen LogP contribution is 2.31. The fourth-order valence-corrected chi connectivity index (χ4v) is 13.9. The second kappa shape index (κ2) is 71.1. The van der Waals surface area contributed by atoms with E-state index in [1.54, 1.807) is 0 Å². The lowest BCUT2D eigenvalue weighted by Gasteiger charge is -2.46. The van der Waals surface area contributed by atoms with E-state index in [0.29, 0.717) is 12.8 Å². The molecule has 14 nitrogen and oxygen atoms in total. The van der Waals surface area contributed by atoms with Crippen molar-refractivity contribution in [1.29, 1.82) is 0 Å². The second-order valence-electron chi connectivity index (χ2n) is 29.9. The van der Waals surface area contributed by atoms with E-state index < -0.39 is 86.8 Å². The number of allylic oxidation sites excluding steroid dienone is 14. The maximum atomic E-state index is 13.4. The number of carbonyl (C=O) groups is 1. The van der Waals surface area contributed by atoms with Crippen molar-refractivity contribution < 1.29 is 64.6 Å². The molecule has 0 aliphatic carbocycles. The number of aliphatic hydroxyl groups excluding tert-OH is 8. The molecule has 9 N–H and O–H groups in total. The van der Waals surface area contributed by atoms with Crippen LogP contribution in [0.4, 0.5) is 0 Å². The number of carbonyl (C=O) groups excluding carboxylic acids is 1. The van der Waals surface area contributed by atoms with Gasteiger partial charge in [-0.2, -0.15) is 0 Å². The molecular weight excluding hydrogens is 1280 g/mol. The van der Waals surface area contributed by atoms with E-state index in [1.165, 1.54) is 250 Å². The summed E-state index contributed by atoms with van der Waals surface area (Å²) in [5.74, 6) is -0.203. The number of amides is 1. The van der Waals surface area contributed by atoms with Crippen LogP contribution >= 0.6 is 0 Å². The quantitative estimate of drug-likeness (QED) is 0.0204. The zero-order chi connectivity index (χ0) is 73.7. The van der Waals surface area contributed by atoms with Crippen LogP contribution in [0.5, 0.6) is 0 Å². The summed E-state index contributed by atoms with van der Waals surface area (Å²) in [6.07, 6.45) is 83.5. The first kappa shape index (κ1) is 95.2. The lowest BCUT2D eigenvalue weighted by molar-refractivity contribution is -0.359. The Morgan fingerprint density at radius 1 is 0.363 bits per heavy atom. The Bertz CT molecular complexity index is 2040. The van der Waals surface area contributed by atoms with Crippen LogP contribution in [0, 0.1) is 0 Å². The number of hydrogen-bond donors (Lipinski definition) is 9. The average molecular weight is 1440 g/mol. The Balaban J connectivity index is 1.58. The first-order chi connectivity index (χ1) is 50.1. The summed E-state index contributed by atoms with van der Waals surface area (Å²) in [6.45, 7) is 2.80. The molecular formula is C88H159NO13. The molecule has 2 aliphatic heterocycles. The van der Waals surface area contributed by atoms with E-state index in [0.717, 1.165) is 96.3 Å². The maximum Gasteiger partial charge on any atom is 0.220 e. The summed E-state index contributed by atoms with van der Waals surface area (Å²) in [5, 5.41) is 88.0. The normalized spacial score (nSPS) is 22.1. The van der Waals surface area contributed by atoms with Crippen LogP contribution in [0.3, 0.4) is 0 Å². The fourth-order valence-electron chi connectivity index (χ4n) is 13.9. The Kier molecular flexibility index (Phi) is 66.4. The van der Waals surface area contributed by atoms with E-state index in [9.17, 15) is 45.6 Å². The molecule has 2 aliphatic rings. The van der Waals surface area contributed by atoms with Gasteiger partial charge in [-0.3, -0.25) is 4.79 Å². The molecule has 0 spiro atoms. The topological polar surface area (TPSA) is 228 Å². The van der Waals surface area contributed by atoms with Gasteiger partial charge in [-0.05, 0) is 70.6 Å². The van der Waals surface area contributed by atoms with Gasteiger partial charge in [0.15, 0.2) is 12.6 Å². The number of hydrogen-bond acceptors (Lipinski definition) is 13. The van der Waals surface area contributed by atoms with Crippen molar-refractivity contribution in [2.45, 2.75) is 447 Å². The summed E-state index contributed by atoms with van der Waals surface area (Å²) < 4.78 is 23.0. The number of rotatable bonds is 72. The first-order valence-electron chi connectivity index (χ1n) is 42.8. The summed E-state index contributed by atoms with van der Waals surface area (Å²) >= 11 is 0.